The first-order valence-corrected chi connectivity index (χ1v) is 8.50. The number of nitrogens with zero attached hydrogens (tertiary/aromatic N) is 2. The first-order valence-electron chi connectivity index (χ1n) is 7.52. The maximum absolute atomic E-state index is 12.2. The SMILES string of the molecule is COc1ccc(C)cc1NC(=O)CSc1nnc(-c2ccoc2C)o1. The number of methoxy groups -OCH3 is 1. The molecule has 0 aliphatic heterocycles. The zero-order chi connectivity index (χ0) is 17.8. The maximum Gasteiger partial charge on any atom is 0.277 e. The number of nitrogens with one attached hydrogen (secondary N) is 1. The Morgan fingerprint density at radius 2 is 2.12 bits per heavy atom. The zero-order valence-corrected chi connectivity index (χ0v) is 14.8. The Labute approximate surface area is 148 Å². The van der Waals surface area contributed by atoms with Crippen molar-refractivity contribution in [3.63, 3.8) is 0 Å². The molecule has 1 N–H and O–H groups in total. The van der Waals surface area contributed by atoms with E-state index in [9.17, 15) is 4.79 Å². The lowest BCUT2D eigenvalue weighted by atomic mass is 10.2. The van der Waals surface area contributed by atoms with Gasteiger partial charge in [-0.05, 0) is 37.6 Å². The van der Waals surface area contributed by atoms with Crippen molar-refractivity contribution < 1.29 is 18.4 Å². The average molecular weight is 359 g/mol. The fourth-order valence-electron chi connectivity index (χ4n) is 2.22. The van der Waals surface area contributed by atoms with Crippen LogP contribution < -0.4 is 10.1 Å². The van der Waals surface area contributed by atoms with Gasteiger partial charge in [0.25, 0.3) is 11.1 Å². The molecule has 1 amide bonds. The van der Waals surface area contributed by atoms with Crippen LogP contribution in [0.15, 0.2) is 44.6 Å². The molecule has 25 heavy (non-hydrogen) atoms. The van der Waals surface area contributed by atoms with Crippen LogP contribution in [0.3, 0.4) is 0 Å². The Bertz CT molecular complexity index is 888. The number of anilines is 1. The minimum absolute atomic E-state index is 0.142. The molecule has 0 unspecified atom stereocenters. The number of ether oxygens (including phenoxy) is 1. The van der Waals surface area contributed by atoms with Gasteiger partial charge in [0, 0.05) is 0 Å². The van der Waals surface area contributed by atoms with E-state index in [-0.39, 0.29) is 11.7 Å². The third-order valence-electron chi connectivity index (χ3n) is 3.45. The van der Waals surface area contributed by atoms with Gasteiger partial charge in [-0.1, -0.05) is 17.8 Å². The van der Waals surface area contributed by atoms with Crippen LogP contribution in [-0.2, 0) is 4.79 Å². The van der Waals surface area contributed by atoms with Gasteiger partial charge in [-0.25, -0.2) is 0 Å². The topological polar surface area (TPSA) is 90.4 Å². The summed E-state index contributed by atoms with van der Waals surface area (Å²) < 4.78 is 16.0. The molecule has 0 atom stereocenters. The molecule has 130 valence electrons. The number of benzene rings is 1. The number of hydrogen-bond acceptors (Lipinski definition) is 7. The first-order chi connectivity index (χ1) is 12.1. The monoisotopic (exact) mass is 359 g/mol. The predicted octanol–water partition coefficient (Wildman–Crippen LogP) is 3.69. The van der Waals surface area contributed by atoms with Crippen LogP contribution >= 0.6 is 11.8 Å². The summed E-state index contributed by atoms with van der Waals surface area (Å²) in [7, 11) is 1.56. The molecule has 0 saturated carbocycles. The van der Waals surface area contributed by atoms with E-state index in [1.807, 2.05) is 32.0 Å². The van der Waals surface area contributed by atoms with Gasteiger partial charge in [-0.2, -0.15) is 0 Å². The van der Waals surface area contributed by atoms with E-state index in [1.165, 1.54) is 11.8 Å². The molecule has 1 aromatic carbocycles. The van der Waals surface area contributed by atoms with Crippen LogP contribution in [0.2, 0.25) is 0 Å². The molecule has 0 bridgehead atoms. The second-order valence-electron chi connectivity index (χ2n) is 5.30. The van der Waals surface area contributed by atoms with Gasteiger partial charge in [-0.15, -0.1) is 10.2 Å². The highest BCUT2D eigenvalue weighted by atomic mass is 32.2. The Balaban J connectivity index is 1.61. The normalized spacial score (nSPS) is 10.7. The Morgan fingerprint density at radius 3 is 2.84 bits per heavy atom. The van der Waals surface area contributed by atoms with Gasteiger partial charge in [0.2, 0.25) is 5.91 Å². The van der Waals surface area contributed by atoms with Gasteiger partial charge >= 0.3 is 0 Å². The second kappa shape index (κ2) is 7.43. The summed E-state index contributed by atoms with van der Waals surface area (Å²) >= 11 is 1.17. The molecule has 0 fully saturated rings. The van der Waals surface area contributed by atoms with Crippen LogP contribution in [0.1, 0.15) is 11.3 Å². The van der Waals surface area contributed by atoms with E-state index < -0.39 is 0 Å². The van der Waals surface area contributed by atoms with Crippen molar-refractivity contribution >= 4 is 23.4 Å². The molecule has 2 aromatic heterocycles. The quantitative estimate of drug-likeness (QED) is 0.671. The summed E-state index contributed by atoms with van der Waals surface area (Å²) in [5.74, 6) is 1.63. The molecule has 0 radical (unpaired) electrons. The van der Waals surface area contributed by atoms with Crippen LogP contribution in [0.5, 0.6) is 5.75 Å². The lowest BCUT2D eigenvalue weighted by molar-refractivity contribution is -0.113. The van der Waals surface area contributed by atoms with Gasteiger partial charge in [-0.3, -0.25) is 4.79 Å². The molecular weight excluding hydrogens is 342 g/mol. The Morgan fingerprint density at radius 1 is 1.28 bits per heavy atom. The van der Waals surface area contributed by atoms with Crippen molar-refractivity contribution in [1.29, 1.82) is 0 Å². The Hall–Kier alpha value is -2.74. The molecule has 0 aliphatic carbocycles. The second-order valence-corrected chi connectivity index (χ2v) is 6.23. The van der Waals surface area contributed by atoms with Crippen LogP contribution in [0, 0.1) is 13.8 Å². The third kappa shape index (κ3) is 4.03. The number of carbonyl (C=O) groups excluding carboxylic acids is 1. The molecule has 0 saturated heterocycles. The molecular formula is C17H17N3O4S. The van der Waals surface area contributed by atoms with Crippen LogP contribution in [-0.4, -0.2) is 29.0 Å². The van der Waals surface area contributed by atoms with Crippen LogP contribution in [0.25, 0.3) is 11.5 Å². The van der Waals surface area contributed by atoms with Crippen molar-refractivity contribution in [2.75, 3.05) is 18.2 Å². The van der Waals surface area contributed by atoms with E-state index in [0.29, 0.717) is 28.3 Å². The molecule has 2 heterocycles. The highest BCUT2D eigenvalue weighted by Crippen LogP contribution is 2.28. The zero-order valence-electron chi connectivity index (χ0n) is 14.0. The standard InChI is InChI=1S/C17H17N3O4S/c1-10-4-5-14(22-3)13(8-10)18-15(21)9-25-17-20-19-16(24-17)12-6-7-23-11(12)2/h4-8H,9H2,1-3H3,(H,18,21). The number of thioether (sulfide) groups is 1. The highest BCUT2D eigenvalue weighted by Gasteiger charge is 2.15. The van der Waals surface area contributed by atoms with E-state index in [4.69, 9.17) is 13.6 Å². The third-order valence-corrected chi connectivity index (χ3v) is 4.27. The molecule has 3 rings (SSSR count). The summed E-state index contributed by atoms with van der Waals surface area (Å²) in [6, 6.07) is 7.35. The fourth-order valence-corrected chi connectivity index (χ4v) is 2.78. The van der Waals surface area contributed by atoms with Gasteiger partial charge in [0.1, 0.15) is 11.5 Å². The van der Waals surface area contributed by atoms with Crippen molar-refractivity contribution in [1.82, 2.24) is 10.2 Å². The number of carbonyl (C=O) groups is 1. The summed E-state index contributed by atoms with van der Waals surface area (Å²) in [4.78, 5) is 12.2. The Kier molecular flexibility index (Phi) is 5.08. The number of aryl methyl sites for hydroxylation is 2. The largest absolute Gasteiger partial charge is 0.495 e. The summed E-state index contributed by atoms with van der Waals surface area (Å²) in [6.07, 6.45) is 1.56. The van der Waals surface area contributed by atoms with Gasteiger partial charge in [0.05, 0.1) is 30.4 Å². The molecule has 0 aliphatic rings. The van der Waals surface area contributed by atoms with Crippen molar-refractivity contribution in [2.45, 2.75) is 19.1 Å². The van der Waals surface area contributed by atoms with E-state index >= 15 is 0 Å². The minimum Gasteiger partial charge on any atom is -0.495 e. The van der Waals surface area contributed by atoms with Crippen molar-refractivity contribution in [2.24, 2.45) is 0 Å². The summed E-state index contributed by atoms with van der Waals surface area (Å²) in [5.41, 5.74) is 2.41. The molecule has 7 nitrogen and oxygen atoms in total. The fraction of sp³-hybridized carbons (Fsp3) is 0.235. The average Bonchev–Trinajstić information content (AvgIpc) is 3.21. The number of rotatable bonds is 6. The summed E-state index contributed by atoms with van der Waals surface area (Å²) in [5, 5.41) is 11.1. The van der Waals surface area contributed by atoms with Gasteiger partial charge in [0.15, 0.2) is 0 Å². The molecule has 3 aromatic rings. The minimum atomic E-state index is -0.187. The lowest BCUT2D eigenvalue weighted by Crippen LogP contribution is -2.14. The van der Waals surface area contributed by atoms with E-state index in [2.05, 4.69) is 15.5 Å². The highest BCUT2D eigenvalue weighted by molar-refractivity contribution is 7.99. The first kappa shape index (κ1) is 17.1. The smallest absolute Gasteiger partial charge is 0.277 e. The summed E-state index contributed by atoms with van der Waals surface area (Å²) in [6.45, 7) is 3.76. The maximum atomic E-state index is 12.2. The van der Waals surface area contributed by atoms with Crippen LogP contribution in [0.4, 0.5) is 5.69 Å². The number of hydrogen-bond donors (Lipinski definition) is 1. The molecule has 8 heteroatoms. The lowest BCUT2D eigenvalue weighted by Gasteiger charge is -2.10. The number of amides is 1. The van der Waals surface area contributed by atoms with Crippen molar-refractivity contribution in [3.05, 3.63) is 41.9 Å². The molecule has 0 spiro atoms. The number of aromatic nitrogens is 2. The van der Waals surface area contributed by atoms with E-state index in [0.717, 1.165) is 11.1 Å². The van der Waals surface area contributed by atoms with E-state index in [1.54, 1.807) is 19.4 Å². The number of furan rings is 1. The van der Waals surface area contributed by atoms with Gasteiger partial charge < -0.3 is 18.9 Å². The van der Waals surface area contributed by atoms with Crippen molar-refractivity contribution in [3.8, 4) is 17.2 Å². The predicted molar refractivity (Wildman–Crippen MR) is 93.8 cm³/mol.